The number of alkyl halides is 1. The van der Waals surface area contributed by atoms with Gasteiger partial charge < -0.3 is 20.7 Å². The zero-order valence-electron chi connectivity index (χ0n) is 11.8. The van der Waals surface area contributed by atoms with Gasteiger partial charge in [0.1, 0.15) is 5.54 Å². The number of nitrogens with zero attached hydrogens (tertiary/aromatic N) is 1. The van der Waals surface area contributed by atoms with Gasteiger partial charge in [-0.2, -0.15) is 0 Å². The van der Waals surface area contributed by atoms with Gasteiger partial charge in [-0.15, -0.1) is 0 Å². The molecule has 0 radical (unpaired) electrons. The minimum absolute atomic E-state index is 0.0279. The average molecular weight is 345 g/mol. The first-order valence-corrected chi connectivity index (χ1v) is 7.26. The summed E-state index contributed by atoms with van der Waals surface area (Å²) in [7, 11) is 0. The lowest BCUT2D eigenvalue weighted by Gasteiger charge is -2.31. The lowest BCUT2D eigenvalue weighted by Crippen LogP contribution is -2.60. The van der Waals surface area contributed by atoms with E-state index in [-0.39, 0.29) is 13.0 Å². The average Bonchev–Trinajstić information content (AvgIpc) is 2.96. The molecule has 7 nitrogen and oxygen atoms in total. The van der Waals surface area contributed by atoms with Gasteiger partial charge in [-0.05, 0) is 18.6 Å². The van der Waals surface area contributed by atoms with Crippen LogP contribution in [0.4, 0.5) is 4.39 Å². The number of carbonyl (C=O) groups is 2. The summed E-state index contributed by atoms with van der Waals surface area (Å²) in [6.45, 7) is -0.0279. The molecule has 2 aliphatic rings. The Morgan fingerprint density at radius 1 is 1.43 bits per heavy atom. The van der Waals surface area contributed by atoms with Gasteiger partial charge >= 0.3 is 11.9 Å². The number of pyridine rings is 1. The summed E-state index contributed by atoms with van der Waals surface area (Å²) in [6, 6.07) is 3.21. The van der Waals surface area contributed by atoms with Gasteiger partial charge in [-0.3, -0.25) is 9.78 Å². The van der Waals surface area contributed by atoms with Crippen LogP contribution in [0.15, 0.2) is 18.3 Å². The van der Waals surface area contributed by atoms with Crippen LogP contribution < -0.4 is 5.73 Å². The first kappa shape index (κ1) is 16.1. The molecule has 1 aromatic heterocycles. The summed E-state index contributed by atoms with van der Waals surface area (Å²) in [4.78, 5) is 26.6. The largest absolute Gasteiger partial charge is 0.480 e. The minimum Gasteiger partial charge on any atom is -0.480 e. The van der Waals surface area contributed by atoms with Crippen LogP contribution in [0.1, 0.15) is 12.1 Å². The van der Waals surface area contributed by atoms with E-state index >= 15 is 0 Å². The molecule has 3 rings (SSSR count). The molecule has 5 atom stereocenters. The van der Waals surface area contributed by atoms with Crippen LogP contribution in [0.5, 0.6) is 0 Å². The molecule has 1 aromatic rings. The van der Waals surface area contributed by atoms with E-state index in [1.165, 1.54) is 6.20 Å². The molecule has 0 aromatic carbocycles. The van der Waals surface area contributed by atoms with Crippen molar-refractivity contribution < 1.29 is 28.9 Å². The number of rotatable bonds is 5. The van der Waals surface area contributed by atoms with Crippen molar-refractivity contribution in [2.45, 2.75) is 30.3 Å². The molecular formula is C14H14ClFN2O5. The molecule has 4 N–H and O–H groups in total. The number of hydrogen-bond acceptors (Lipinski definition) is 5. The number of ether oxygens (including phenoxy) is 1. The minimum atomic E-state index is -2.59. The second-order valence-electron chi connectivity index (χ2n) is 5.90. The number of carboxylic acids is 2. The molecule has 5 unspecified atom stereocenters. The summed E-state index contributed by atoms with van der Waals surface area (Å²) in [5.74, 6) is -5.40. The van der Waals surface area contributed by atoms with E-state index < -0.39 is 41.1 Å². The predicted molar refractivity (Wildman–Crippen MR) is 75.5 cm³/mol. The third-order valence-electron chi connectivity index (χ3n) is 4.72. The van der Waals surface area contributed by atoms with Crippen molar-refractivity contribution >= 4 is 23.5 Å². The first-order chi connectivity index (χ1) is 10.7. The third-order valence-corrected chi connectivity index (χ3v) is 4.94. The molecule has 124 valence electrons. The highest BCUT2D eigenvalue weighted by Crippen LogP contribution is 2.67. The molecule has 2 aliphatic carbocycles. The molecule has 1 heterocycles. The van der Waals surface area contributed by atoms with Gasteiger partial charge in [0.05, 0.1) is 23.4 Å². The Morgan fingerprint density at radius 2 is 2.13 bits per heavy atom. The van der Waals surface area contributed by atoms with E-state index in [1.54, 1.807) is 12.1 Å². The highest BCUT2D eigenvalue weighted by molar-refractivity contribution is 6.30. The van der Waals surface area contributed by atoms with E-state index in [0.29, 0.717) is 10.7 Å². The van der Waals surface area contributed by atoms with E-state index in [1.807, 2.05) is 0 Å². The Hall–Kier alpha value is -1.77. The van der Waals surface area contributed by atoms with Gasteiger partial charge in [0.25, 0.3) is 0 Å². The summed E-state index contributed by atoms with van der Waals surface area (Å²) in [6.07, 6.45) is 0.357. The topological polar surface area (TPSA) is 123 Å². The van der Waals surface area contributed by atoms with Crippen molar-refractivity contribution in [1.82, 2.24) is 4.98 Å². The van der Waals surface area contributed by atoms with E-state index in [9.17, 15) is 19.1 Å². The standard InChI is InChI=1S/C14H14ClFN2O5/c15-6-1-2-7(18-4-6)5-23-9-3-8-10(13(8,16)11(19)20)14(9,17)12(21)22/h1-2,4,8-10H,3,5,17H2,(H,19,20)(H,21,22). The van der Waals surface area contributed by atoms with Crippen molar-refractivity contribution in [2.24, 2.45) is 17.6 Å². The van der Waals surface area contributed by atoms with Crippen LogP contribution in [-0.4, -0.2) is 44.4 Å². The predicted octanol–water partition coefficient (Wildman–Crippen LogP) is 0.845. The Kier molecular flexibility index (Phi) is 3.58. The molecule has 2 saturated carbocycles. The van der Waals surface area contributed by atoms with Crippen LogP contribution in [0.25, 0.3) is 0 Å². The molecular weight excluding hydrogens is 331 g/mol. The van der Waals surface area contributed by atoms with Crippen molar-refractivity contribution in [3.05, 3.63) is 29.0 Å². The third kappa shape index (κ3) is 2.20. The van der Waals surface area contributed by atoms with Crippen LogP contribution in [0.3, 0.4) is 0 Å². The number of halogens is 2. The van der Waals surface area contributed by atoms with Crippen molar-refractivity contribution in [3.8, 4) is 0 Å². The van der Waals surface area contributed by atoms with Crippen molar-refractivity contribution in [1.29, 1.82) is 0 Å². The molecule has 0 aliphatic heterocycles. The fourth-order valence-corrected chi connectivity index (χ4v) is 3.60. The van der Waals surface area contributed by atoms with Gasteiger partial charge in [0.2, 0.25) is 5.67 Å². The van der Waals surface area contributed by atoms with E-state index in [4.69, 9.17) is 27.2 Å². The summed E-state index contributed by atoms with van der Waals surface area (Å²) in [5.41, 5.74) is 1.70. The second-order valence-corrected chi connectivity index (χ2v) is 6.34. The molecule has 0 bridgehead atoms. The number of carboxylic acid groups (broad SMARTS) is 2. The molecule has 9 heteroatoms. The van der Waals surface area contributed by atoms with Gasteiger partial charge in [0.15, 0.2) is 0 Å². The van der Waals surface area contributed by atoms with Crippen molar-refractivity contribution in [2.75, 3.05) is 0 Å². The summed E-state index contributed by atoms with van der Waals surface area (Å²) in [5, 5.41) is 18.8. The Balaban J connectivity index is 1.75. The number of nitrogens with two attached hydrogens (primary N) is 1. The highest BCUT2D eigenvalue weighted by Gasteiger charge is 2.85. The highest BCUT2D eigenvalue weighted by atomic mass is 35.5. The van der Waals surface area contributed by atoms with Crippen molar-refractivity contribution in [3.63, 3.8) is 0 Å². The monoisotopic (exact) mass is 344 g/mol. The summed E-state index contributed by atoms with van der Waals surface area (Å²) < 4.78 is 19.9. The smallest absolute Gasteiger partial charge is 0.342 e. The fraction of sp³-hybridized carbons (Fsp3) is 0.500. The normalized spacial score (nSPS) is 38.1. The Labute approximate surface area is 135 Å². The lowest BCUT2D eigenvalue weighted by atomic mass is 9.88. The zero-order chi connectivity index (χ0) is 17.0. The number of aliphatic carboxylic acids is 2. The second kappa shape index (κ2) is 5.12. The SMILES string of the molecule is NC1(C(=O)O)C(OCc2ccc(Cl)cn2)CC2C1C2(F)C(=O)O. The van der Waals surface area contributed by atoms with Crippen LogP contribution in [-0.2, 0) is 20.9 Å². The van der Waals surface area contributed by atoms with Gasteiger partial charge in [-0.1, -0.05) is 11.6 Å². The molecule has 0 saturated heterocycles. The molecule has 23 heavy (non-hydrogen) atoms. The van der Waals surface area contributed by atoms with E-state index in [2.05, 4.69) is 4.98 Å². The Bertz CT molecular complexity index is 672. The van der Waals surface area contributed by atoms with Crippen LogP contribution in [0, 0.1) is 11.8 Å². The van der Waals surface area contributed by atoms with E-state index in [0.717, 1.165) is 0 Å². The quantitative estimate of drug-likeness (QED) is 0.723. The number of fused-ring (bicyclic) bond motifs is 1. The maximum atomic E-state index is 14.3. The van der Waals surface area contributed by atoms with Gasteiger partial charge in [0, 0.05) is 18.0 Å². The summed E-state index contributed by atoms with van der Waals surface area (Å²) >= 11 is 5.71. The maximum Gasteiger partial charge on any atom is 0.342 e. The molecule has 0 spiro atoms. The zero-order valence-corrected chi connectivity index (χ0v) is 12.5. The number of hydrogen-bond donors (Lipinski definition) is 3. The van der Waals surface area contributed by atoms with Crippen LogP contribution >= 0.6 is 11.6 Å². The number of aromatic nitrogens is 1. The maximum absolute atomic E-state index is 14.3. The van der Waals surface area contributed by atoms with Crippen LogP contribution in [0.2, 0.25) is 5.02 Å². The lowest BCUT2D eigenvalue weighted by molar-refractivity contribution is -0.156. The fourth-order valence-electron chi connectivity index (χ4n) is 3.48. The van der Waals surface area contributed by atoms with Gasteiger partial charge in [-0.25, -0.2) is 9.18 Å². The molecule has 2 fully saturated rings. The first-order valence-electron chi connectivity index (χ1n) is 6.89. The Morgan fingerprint density at radius 3 is 2.65 bits per heavy atom. The molecule has 0 amide bonds.